The van der Waals surface area contributed by atoms with Crippen molar-refractivity contribution >= 4 is 18.7 Å². The van der Waals surface area contributed by atoms with Gasteiger partial charge in [-0.1, -0.05) is 81.4 Å². The Morgan fingerprint density at radius 1 is 1.07 bits per heavy atom. The average Bonchev–Trinajstić information content (AvgIpc) is 3.53. The van der Waals surface area contributed by atoms with E-state index in [1.54, 1.807) is 0 Å². The lowest BCUT2D eigenvalue weighted by Gasteiger charge is -2.64. The van der Waals surface area contributed by atoms with Gasteiger partial charge in [0.25, 0.3) is 5.91 Å². The third-order valence-electron chi connectivity index (χ3n) is 10.1. The highest BCUT2D eigenvalue weighted by atomic mass is 16.7. The van der Waals surface area contributed by atoms with Gasteiger partial charge in [0, 0.05) is 12.8 Å². The molecule has 6 atom stereocenters. The molecule has 1 unspecified atom stereocenters. The molecule has 2 bridgehead atoms. The van der Waals surface area contributed by atoms with Gasteiger partial charge in [0.1, 0.15) is 12.4 Å². The first kappa shape index (κ1) is 28.3. The van der Waals surface area contributed by atoms with E-state index >= 15 is 0 Å². The fourth-order valence-electron chi connectivity index (χ4n) is 7.65. The van der Waals surface area contributed by atoms with Crippen LogP contribution in [0.5, 0.6) is 5.75 Å². The van der Waals surface area contributed by atoms with Gasteiger partial charge in [0.15, 0.2) is 0 Å². The Balaban J connectivity index is 1.20. The number of carbonyl (C=O) groups excluding carboxylic acids is 1. The maximum Gasteiger partial charge on any atom is 0.481 e. The van der Waals surface area contributed by atoms with E-state index in [0.717, 1.165) is 24.2 Å². The van der Waals surface area contributed by atoms with Gasteiger partial charge in [-0.15, -0.1) is 0 Å². The molecule has 218 valence electrons. The minimum atomic E-state index is -1.18. The second-order valence-electron chi connectivity index (χ2n) is 13.7. The molecule has 8 heteroatoms. The maximum atomic E-state index is 14.2. The lowest BCUT2D eigenvalue weighted by molar-refractivity contribution is -0.199. The summed E-state index contributed by atoms with van der Waals surface area (Å²) >= 11 is 0. The van der Waals surface area contributed by atoms with Crippen molar-refractivity contribution in [3.63, 3.8) is 0 Å². The zero-order valence-corrected chi connectivity index (χ0v) is 25.0. The number of benzene rings is 2. The van der Waals surface area contributed by atoms with Gasteiger partial charge < -0.3 is 24.2 Å². The van der Waals surface area contributed by atoms with E-state index < -0.39 is 12.7 Å². The molecule has 1 amide bonds. The Labute approximate surface area is 244 Å². The molecule has 4 fully saturated rings. The molecule has 1 N–H and O–H groups in total. The Morgan fingerprint density at radius 3 is 2.46 bits per heavy atom. The van der Waals surface area contributed by atoms with Crippen LogP contribution < -0.4 is 10.1 Å². The number of hydrogen-bond acceptors (Lipinski definition) is 6. The van der Waals surface area contributed by atoms with Crippen molar-refractivity contribution in [2.75, 3.05) is 6.61 Å². The van der Waals surface area contributed by atoms with Crippen molar-refractivity contribution in [3.8, 4) is 5.75 Å². The monoisotopic (exact) mass is 558 g/mol. The average molecular weight is 559 g/mol. The Bertz CT molecular complexity index is 1270. The van der Waals surface area contributed by atoms with Gasteiger partial charge in [0.2, 0.25) is 5.60 Å². The van der Waals surface area contributed by atoms with Crippen LogP contribution in [0.25, 0.3) is 0 Å². The van der Waals surface area contributed by atoms with Crippen molar-refractivity contribution in [1.82, 2.24) is 5.32 Å². The highest BCUT2D eigenvalue weighted by Crippen LogP contribution is 2.65. The molecular formula is C33H43BN2O5. The van der Waals surface area contributed by atoms with E-state index in [1.165, 1.54) is 6.42 Å². The summed E-state index contributed by atoms with van der Waals surface area (Å²) < 4.78 is 19.4. The van der Waals surface area contributed by atoms with Crippen LogP contribution in [0, 0.1) is 23.2 Å². The summed E-state index contributed by atoms with van der Waals surface area (Å²) in [7, 11) is -0.497. The summed E-state index contributed by atoms with van der Waals surface area (Å²) in [6, 6.07) is 19.6. The van der Waals surface area contributed by atoms with Gasteiger partial charge in [0.05, 0.1) is 23.4 Å². The number of nitrogens with zero attached hydrogens (tertiary/aromatic N) is 1. The minimum Gasteiger partial charge on any atom is -0.488 e. The van der Waals surface area contributed by atoms with Crippen LogP contribution in [0.15, 0.2) is 65.8 Å². The molecule has 7 rings (SSSR count). The van der Waals surface area contributed by atoms with E-state index in [0.29, 0.717) is 36.3 Å². The Morgan fingerprint density at radius 2 is 1.78 bits per heavy atom. The zero-order chi connectivity index (χ0) is 28.8. The summed E-state index contributed by atoms with van der Waals surface area (Å²) in [5, 5.41) is 7.69. The lowest BCUT2D eigenvalue weighted by Crippen LogP contribution is -2.65. The second-order valence-corrected chi connectivity index (χ2v) is 13.7. The topological polar surface area (TPSA) is 78.4 Å². The summed E-state index contributed by atoms with van der Waals surface area (Å²) in [5.74, 6) is 1.73. The van der Waals surface area contributed by atoms with Crippen LogP contribution in [-0.2, 0) is 25.4 Å². The smallest absolute Gasteiger partial charge is 0.481 e. The molecule has 7 nitrogen and oxygen atoms in total. The van der Waals surface area contributed by atoms with Crippen LogP contribution in [0.4, 0.5) is 0 Å². The molecule has 2 heterocycles. The molecule has 0 spiro atoms. The van der Waals surface area contributed by atoms with Gasteiger partial charge in [-0.05, 0) is 67.1 Å². The van der Waals surface area contributed by atoms with E-state index in [-0.39, 0.29) is 35.6 Å². The number of carbonyl (C=O) groups is 1. The number of amides is 1. The van der Waals surface area contributed by atoms with Crippen molar-refractivity contribution in [2.24, 2.45) is 28.3 Å². The summed E-state index contributed by atoms with van der Waals surface area (Å²) in [6.45, 7) is 11.5. The number of para-hydroxylation sites is 1. The first-order valence-electron chi connectivity index (χ1n) is 15.2. The van der Waals surface area contributed by atoms with E-state index in [1.807, 2.05) is 60.7 Å². The molecule has 0 aromatic heterocycles. The van der Waals surface area contributed by atoms with Crippen LogP contribution in [0.2, 0.25) is 0 Å². The molecule has 2 aromatic carbocycles. The number of ether oxygens (including phenoxy) is 1. The number of nitrogens with one attached hydrogen (secondary N) is 1. The first-order valence-corrected chi connectivity index (χ1v) is 15.2. The van der Waals surface area contributed by atoms with E-state index in [4.69, 9.17) is 18.9 Å². The summed E-state index contributed by atoms with van der Waals surface area (Å²) in [6.07, 6.45) is 3.75. The number of oxime groups is 1. The lowest BCUT2D eigenvalue weighted by atomic mass is 9.43. The fourth-order valence-corrected chi connectivity index (χ4v) is 7.65. The van der Waals surface area contributed by atoms with Gasteiger partial charge in [-0.25, -0.2) is 0 Å². The van der Waals surface area contributed by atoms with Crippen LogP contribution >= 0.6 is 0 Å². The molecule has 2 aromatic rings. The van der Waals surface area contributed by atoms with Crippen molar-refractivity contribution < 1.29 is 23.7 Å². The second kappa shape index (κ2) is 10.8. The van der Waals surface area contributed by atoms with Crippen molar-refractivity contribution in [1.29, 1.82) is 0 Å². The maximum absolute atomic E-state index is 14.2. The molecule has 1 saturated heterocycles. The number of hydrogen-bond donors (Lipinski definition) is 1. The third-order valence-corrected chi connectivity index (χ3v) is 10.1. The Kier molecular flexibility index (Phi) is 7.44. The molecule has 41 heavy (non-hydrogen) atoms. The summed E-state index contributed by atoms with van der Waals surface area (Å²) in [5.41, 5.74) is 0.462. The molecule has 5 aliphatic rings. The van der Waals surface area contributed by atoms with Gasteiger partial charge in [-0.3, -0.25) is 4.79 Å². The van der Waals surface area contributed by atoms with Crippen LogP contribution in [-0.4, -0.2) is 48.6 Å². The SMILES string of the molecule is CC(C)C[C@H](NC(=O)C1(Cc2ccccc2)CC(COc2ccccc2)=NO1)B1O[C@@H]2C[C@@H]3C[C@@H](C3(C)C)[C@]2(C)O1. The standard InChI is InChI=1S/C33H43BN2O5/c1-22(2)16-29(34-39-28-18-24-17-27(31(24,3)4)32(28,5)40-34)35-30(37)33(19-23-12-8-6-9-13-23)20-25(36-41-33)21-38-26-14-10-7-11-15-26/h6-15,22,24,27-29H,16-21H2,1-5H3,(H,35,37)/t24-,27-,28+,29-,32-,33?/m0/s1. The van der Waals surface area contributed by atoms with E-state index in [9.17, 15) is 4.79 Å². The largest absolute Gasteiger partial charge is 0.488 e. The molecule has 3 saturated carbocycles. The summed E-state index contributed by atoms with van der Waals surface area (Å²) in [4.78, 5) is 20.3. The molecule has 0 radical (unpaired) electrons. The highest BCUT2D eigenvalue weighted by molar-refractivity contribution is 6.48. The fraction of sp³-hybridized carbons (Fsp3) is 0.576. The molecule has 2 aliphatic heterocycles. The third kappa shape index (κ3) is 5.29. The highest BCUT2D eigenvalue weighted by Gasteiger charge is 2.68. The minimum absolute atomic E-state index is 0.0573. The predicted molar refractivity (Wildman–Crippen MR) is 159 cm³/mol. The molecular weight excluding hydrogens is 515 g/mol. The Hall–Kier alpha value is -2.84. The normalized spacial score (nSPS) is 32.0. The van der Waals surface area contributed by atoms with Crippen LogP contribution in [0.3, 0.4) is 0 Å². The van der Waals surface area contributed by atoms with Gasteiger partial charge >= 0.3 is 7.12 Å². The number of rotatable bonds is 10. The van der Waals surface area contributed by atoms with Crippen molar-refractivity contribution in [3.05, 3.63) is 66.2 Å². The van der Waals surface area contributed by atoms with Crippen LogP contribution in [0.1, 0.15) is 65.9 Å². The van der Waals surface area contributed by atoms with E-state index in [2.05, 4.69) is 45.1 Å². The zero-order valence-electron chi connectivity index (χ0n) is 25.0. The molecule has 3 aliphatic carbocycles. The van der Waals surface area contributed by atoms with Gasteiger partial charge in [-0.2, -0.15) is 0 Å². The van der Waals surface area contributed by atoms with Crippen molar-refractivity contribution in [2.45, 2.75) is 90.0 Å². The predicted octanol–water partition coefficient (Wildman–Crippen LogP) is 5.62. The first-order chi connectivity index (χ1) is 19.6. The quantitative estimate of drug-likeness (QED) is 0.383.